The number of ether oxygens (including phenoxy) is 2. The molecule has 1 heterocycles. The quantitative estimate of drug-likeness (QED) is 0.480. The van der Waals surface area contributed by atoms with Crippen LogP contribution >= 0.6 is 0 Å². The average molecular weight is 470 g/mol. The van der Waals surface area contributed by atoms with Crippen molar-refractivity contribution in [3.05, 3.63) is 72.4 Å². The van der Waals surface area contributed by atoms with Gasteiger partial charge in [-0.05, 0) is 48.5 Å². The van der Waals surface area contributed by atoms with Gasteiger partial charge < -0.3 is 13.9 Å². The molecule has 3 aromatic rings. The maximum absolute atomic E-state index is 13.2. The first kappa shape index (κ1) is 22.8. The topological polar surface area (TPSA) is 112 Å². The molecule has 31 heavy (non-hydrogen) atoms. The van der Waals surface area contributed by atoms with E-state index in [1.165, 1.54) is 50.8 Å². The normalized spacial score (nSPS) is 13.0. The minimum absolute atomic E-state index is 0.0411. The summed E-state index contributed by atoms with van der Waals surface area (Å²) in [7, 11) is -5.43. The van der Waals surface area contributed by atoms with Crippen molar-refractivity contribution in [3.8, 4) is 11.5 Å². The van der Waals surface area contributed by atoms with E-state index < -0.39 is 37.5 Å². The first-order valence-corrected chi connectivity index (χ1v) is 12.0. The van der Waals surface area contributed by atoms with Crippen molar-refractivity contribution in [1.29, 1.82) is 0 Å². The van der Waals surface area contributed by atoms with Gasteiger partial charge in [0.25, 0.3) is 0 Å². The average Bonchev–Trinajstić information content (AvgIpc) is 3.27. The summed E-state index contributed by atoms with van der Waals surface area (Å²) in [5.74, 6) is -0.0114. The second kappa shape index (κ2) is 9.08. The molecule has 8 nitrogen and oxygen atoms in total. The number of methoxy groups -OCH3 is 2. The lowest BCUT2D eigenvalue weighted by Crippen LogP contribution is -2.32. The highest BCUT2D eigenvalue weighted by Crippen LogP contribution is 2.31. The molecule has 0 radical (unpaired) electrons. The molecule has 0 aliphatic heterocycles. The fourth-order valence-electron chi connectivity index (χ4n) is 2.88. The molecule has 1 atom stereocenters. The molecule has 1 N–H and O–H groups in total. The number of sulfone groups is 1. The number of furan rings is 1. The number of hydrogen-bond acceptors (Lipinski definition) is 7. The van der Waals surface area contributed by atoms with Crippen LogP contribution in [0.2, 0.25) is 0 Å². The van der Waals surface area contributed by atoms with Gasteiger partial charge in [-0.2, -0.15) is 0 Å². The molecule has 0 spiro atoms. The highest BCUT2D eigenvalue weighted by Gasteiger charge is 2.33. The molecule has 0 unspecified atom stereocenters. The van der Waals surface area contributed by atoms with Gasteiger partial charge in [-0.25, -0.2) is 25.9 Å². The van der Waals surface area contributed by atoms with Crippen LogP contribution in [0, 0.1) is 5.82 Å². The van der Waals surface area contributed by atoms with E-state index in [2.05, 4.69) is 4.72 Å². The largest absolute Gasteiger partial charge is 0.493 e. The highest BCUT2D eigenvalue weighted by molar-refractivity contribution is 7.92. The highest BCUT2D eigenvalue weighted by atomic mass is 32.2. The fourth-order valence-corrected chi connectivity index (χ4v) is 5.63. The van der Waals surface area contributed by atoms with Crippen molar-refractivity contribution in [3.63, 3.8) is 0 Å². The summed E-state index contributed by atoms with van der Waals surface area (Å²) >= 11 is 0. The molecule has 0 saturated carbocycles. The van der Waals surface area contributed by atoms with Gasteiger partial charge in [0.1, 0.15) is 16.8 Å². The van der Waals surface area contributed by atoms with Crippen molar-refractivity contribution in [2.24, 2.45) is 0 Å². The summed E-state index contributed by atoms with van der Waals surface area (Å²) < 4.78 is 82.8. The van der Waals surface area contributed by atoms with Gasteiger partial charge in [0.2, 0.25) is 10.0 Å². The van der Waals surface area contributed by atoms with E-state index in [4.69, 9.17) is 13.9 Å². The first-order valence-electron chi connectivity index (χ1n) is 8.93. The lowest BCUT2D eigenvalue weighted by Gasteiger charge is -2.17. The summed E-state index contributed by atoms with van der Waals surface area (Å²) in [5, 5.41) is -1.37. The van der Waals surface area contributed by atoms with E-state index in [1.807, 2.05) is 0 Å². The van der Waals surface area contributed by atoms with E-state index in [1.54, 1.807) is 0 Å². The van der Waals surface area contributed by atoms with Crippen LogP contribution in [-0.4, -0.2) is 37.6 Å². The van der Waals surface area contributed by atoms with E-state index in [0.717, 1.165) is 24.3 Å². The molecule has 166 valence electrons. The van der Waals surface area contributed by atoms with Crippen molar-refractivity contribution in [2.45, 2.75) is 15.0 Å². The van der Waals surface area contributed by atoms with E-state index in [0.29, 0.717) is 5.75 Å². The van der Waals surface area contributed by atoms with Crippen LogP contribution in [-0.2, 0) is 19.9 Å². The molecule has 0 saturated heterocycles. The third-order valence-corrected chi connectivity index (χ3v) is 8.00. The zero-order chi connectivity index (χ0) is 22.6. The van der Waals surface area contributed by atoms with Gasteiger partial charge in [0.15, 0.2) is 21.3 Å². The Labute approximate surface area is 179 Å². The van der Waals surface area contributed by atoms with Crippen LogP contribution < -0.4 is 14.2 Å². The number of hydrogen-bond donors (Lipinski definition) is 1. The molecule has 1 aromatic heterocycles. The maximum Gasteiger partial charge on any atom is 0.240 e. The standard InChI is InChI=1S/C20H20FNO7S2/c1-27-17-10-9-16(12-19(17)28-2)31(25,26)22-13-20(18-4-3-11-29-18)30(23,24)15-7-5-14(21)6-8-15/h3-12,20,22H,13H2,1-2H3/t20-/m0/s1. The minimum Gasteiger partial charge on any atom is -0.493 e. The van der Waals surface area contributed by atoms with Crippen LogP contribution in [0.25, 0.3) is 0 Å². The predicted octanol–water partition coefficient (Wildman–Crippen LogP) is 2.93. The second-order valence-electron chi connectivity index (χ2n) is 6.37. The molecule has 3 rings (SSSR count). The molecule has 2 aromatic carbocycles. The third-order valence-electron chi connectivity index (χ3n) is 4.50. The summed E-state index contributed by atoms with van der Waals surface area (Å²) in [6.45, 7) is -0.510. The molecule has 0 aliphatic rings. The van der Waals surface area contributed by atoms with Crippen LogP contribution in [0.15, 0.2) is 75.1 Å². The lowest BCUT2D eigenvalue weighted by molar-refractivity contribution is 0.354. The Morgan fingerprint density at radius 1 is 0.935 bits per heavy atom. The van der Waals surface area contributed by atoms with Gasteiger partial charge in [-0.3, -0.25) is 0 Å². The van der Waals surface area contributed by atoms with Gasteiger partial charge in [-0.1, -0.05) is 0 Å². The van der Waals surface area contributed by atoms with Crippen LogP contribution in [0.1, 0.15) is 11.0 Å². The summed E-state index contributed by atoms with van der Waals surface area (Å²) in [6, 6.07) is 11.2. The SMILES string of the molecule is COc1ccc(S(=O)(=O)NC[C@@H](c2ccco2)S(=O)(=O)c2ccc(F)cc2)cc1OC. The Bertz CT molecular complexity index is 1240. The van der Waals surface area contributed by atoms with Crippen molar-refractivity contribution in [1.82, 2.24) is 4.72 Å². The first-order chi connectivity index (χ1) is 14.7. The van der Waals surface area contributed by atoms with Gasteiger partial charge in [0.05, 0.1) is 30.3 Å². The molecule has 0 fully saturated rings. The maximum atomic E-state index is 13.2. The fraction of sp³-hybridized carbons (Fsp3) is 0.200. The molecule has 11 heteroatoms. The lowest BCUT2D eigenvalue weighted by atomic mass is 10.3. The van der Waals surface area contributed by atoms with E-state index in [9.17, 15) is 21.2 Å². The monoisotopic (exact) mass is 469 g/mol. The summed E-state index contributed by atoms with van der Waals surface area (Å²) in [6.07, 6.45) is 1.28. The number of nitrogens with one attached hydrogen (secondary N) is 1. The van der Waals surface area contributed by atoms with Crippen molar-refractivity contribution >= 4 is 19.9 Å². The zero-order valence-electron chi connectivity index (χ0n) is 16.6. The van der Waals surface area contributed by atoms with Crippen LogP contribution in [0.3, 0.4) is 0 Å². The van der Waals surface area contributed by atoms with E-state index >= 15 is 0 Å². The number of rotatable bonds is 9. The number of benzene rings is 2. The van der Waals surface area contributed by atoms with Crippen molar-refractivity contribution < 1.29 is 35.1 Å². The van der Waals surface area contributed by atoms with Crippen LogP contribution in [0.4, 0.5) is 4.39 Å². The van der Waals surface area contributed by atoms with Gasteiger partial charge in [-0.15, -0.1) is 0 Å². The summed E-state index contributed by atoms with van der Waals surface area (Å²) in [5.41, 5.74) is 0. The van der Waals surface area contributed by atoms with E-state index in [-0.39, 0.29) is 21.3 Å². The molecule has 0 amide bonds. The Morgan fingerprint density at radius 2 is 1.58 bits per heavy atom. The number of sulfonamides is 1. The van der Waals surface area contributed by atoms with Crippen molar-refractivity contribution in [2.75, 3.05) is 20.8 Å². The Kier molecular flexibility index (Phi) is 6.68. The van der Waals surface area contributed by atoms with Crippen LogP contribution in [0.5, 0.6) is 11.5 Å². The van der Waals surface area contributed by atoms with Gasteiger partial charge in [0, 0.05) is 12.6 Å². The minimum atomic E-state index is -4.10. The second-order valence-corrected chi connectivity index (χ2v) is 10.3. The third kappa shape index (κ3) is 4.89. The number of halogens is 1. The Hall–Kier alpha value is -2.89. The van der Waals surface area contributed by atoms with Gasteiger partial charge >= 0.3 is 0 Å². The Balaban J connectivity index is 1.92. The smallest absolute Gasteiger partial charge is 0.240 e. The summed E-state index contributed by atoms with van der Waals surface area (Å²) in [4.78, 5) is -0.303. The predicted molar refractivity (Wildman–Crippen MR) is 110 cm³/mol. The zero-order valence-corrected chi connectivity index (χ0v) is 18.2. The Morgan fingerprint density at radius 3 is 2.16 bits per heavy atom. The molecular formula is C20H20FNO7S2. The molecule has 0 aliphatic carbocycles. The molecular weight excluding hydrogens is 449 g/mol. The molecule has 0 bridgehead atoms.